The lowest BCUT2D eigenvalue weighted by molar-refractivity contribution is 1.07. The average molecular weight is 918 g/mol. The van der Waals surface area contributed by atoms with Crippen LogP contribution in [0.25, 0.3) is 133 Å². The third-order valence-corrected chi connectivity index (χ3v) is 14.2. The van der Waals surface area contributed by atoms with Gasteiger partial charge in [-0.2, -0.15) is 0 Å². The van der Waals surface area contributed by atoms with Gasteiger partial charge in [0.05, 0.1) is 33.4 Å². The van der Waals surface area contributed by atoms with Gasteiger partial charge in [-0.25, -0.2) is 15.0 Å². The quantitative estimate of drug-likeness (QED) is 0.153. The summed E-state index contributed by atoms with van der Waals surface area (Å²) in [5, 5.41) is 7.13. The maximum absolute atomic E-state index is 5.29. The van der Waals surface area contributed by atoms with Crippen molar-refractivity contribution in [1.82, 2.24) is 24.1 Å². The SMILES string of the molecule is c1ccc(-c2nc(-c3ccc(-n4c5ccccc5c5ccccc54)c(-c4ccccc4)c3)nc(-c3ccc4cc(-c5cccc(-c6ccccc6)c5-n5c6ccccc6c6ccccc65)ccc4c3)n2)cc1. The molecule has 0 aliphatic heterocycles. The molecule has 3 aromatic heterocycles. The van der Waals surface area contributed by atoms with Crippen molar-refractivity contribution in [2.75, 3.05) is 0 Å². The summed E-state index contributed by atoms with van der Waals surface area (Å²) in [4.78, 5) is 15.7. The van der Waals surface area contributed by atoms with Crippen LogP contribution in [-0.2, 0) is 0 Å². The van der Waals surface area contributed by atoms with Crippen molar-refractivity contribution >= 4 is 54.4 Å². The molecule has 0 bridgehead atoms. The fourth-order valence-electron chi connectivity index (χ4n) is 10.8. The van der Waals surface area contributed by atoms with Gasteiger partial charge in [0.2, 0.25) is 0 Å². The Morgan fingerprint density at radius 1 is 0.236 bits per heavy atom. The molecule has 0 saturated heterocycles. The summed E-state index contributed by atoms with van der Waals surface area (Å²) in [5.41, 5.74) is 16.5. The number of nitrogens with zero attached hydrogens (tertiary/aromatic N) is 5. The molecule has 0 radical (unpaired) electrons. The molecule has 3 heterocycles. The maximum Gasteiger partial charge on any atom is 0.164 e. The molecule has 14 rings (SSSR count). The lowest BCUT2D eigenvalue weighted by Gasteiger charge is -2.19. The van der Waals surface area contributed by atoms with Crippen molar-refractivity contribution in [2.24, 2.45) is 0 Å². The smallest absolute Gasteiger partial charge is 0.164 e. The standard InChI is InChI=1S/C67H43N5/c1-4-19-44(20-5-1)52-29-18-30-53(64(52)72-61-33-16-12-27-56(61)57-28-13-17-34-62(57)72)49-37-35-48-42-50(38-36-47(48)41-49)66-68-65(46-23-8-3-9-24-46)69-67(70-66)51-39-40-63(58(43-51)45-21-6-2-7-22-45)71-59-31-14-10-25-54(59)55-26-11-15-32-60(55)71/h1-43H. The summed E-state index contributed by atoms with van der Waals surface area (Å²) in [6.45, 7) is 0. The van der Waals surface area contributed by atoms with Gasteiger partial charge in [-0.1, -0.05) is 206 Å². The number of benzene rings is 11. The molecule has 14 aromatic rings. The first-order valence-electron chi connectivity index (χ1n) is 24.4. The molecule has 5 nitrogen and oxygen atoms in total. The van der Waals surface area contributed by atoms with Gasteiger partial charge in [0.25, 0.3) is 0 Å². The van der Waals surface area contributed by atoms with Crippen molar-refractivity contribution in [2.45, 2.75) is 0 Å². The highest BCUT2D eigenvalue weighted by atomic mass is 15.0. The number of aromatic nitrogens is 5. The van der Waals surface area contributed by atoms with E-state index in [1.54, 1.807) is 0 Å². The van der Waals surface area contributed by atoms with Crippen LogP contribution in [0.5, 0.6) is 0 Å². The van der Waals surface area contributed by atoms with Crippen molar-refractivity contribution in [3.63, 3.8) is 0 Å². The number of fused-ring (bicyclic) bond motifs is 7. The second-order valence-corrected chi connectivity index (χ2v) is 18.4. The molecule has 0 saturated carbocycles. The molecule has 0 unspecified atom stereocenters. The fraction of sp³-hybridized carbons (Fsp3) is 0. The van der Waals surface area contributed by atoms with Gasteiger partial charge in [-0.05, 0) is 82.1 Å². The normalized spacial score (nSPS) is 11.6. The van der Waals surface area contributed by atoms with Crippen LogP contribution in [0.4, 0.5) is 0 Å². The van der Waals surface area contributed by atoms with Gasteiger partial charge in [0.15, 0.2) is 17.5 Å². The summed E-state index contributed by atoms with van der Waals surface area (Å²) in [6, 6.07) is 93.0. The molecule has 0 spiro atoms. The number of hydrogen-bond acceptors (Lipinski definition) is 3. The van der Waals surface area contributed by atoms with Crippen LogP contribution in [0.15, 0.2) is 261 Å². The van der Waals surface area contributed by atoms with Crippen molar-refractivity contribution in [1.29, 1.82) is 0 Å². The average Bonchev–Trinajstić information content (AvgIpc) is 3.98. The van der Waals surface area contributed by atoms with Gasteiger partial charge in [0, 0.05) is 54.9 Å². The minimum atomic E-state index is 0.608. The molecule has 0 aliphatic rings. The predicted octanol–water partition coefficient (Wildman–Crippen LogP) is 17.2. The van der Waals surface area contributed by atoms with Crippen LogP contribution in [-0.4, -0.2) is 24.1 Å². The van der Waals surface area contributed by atoms with Crippen LogP contribution in [0, 0.1) is 0 Å². The topological polar surface area (TPSA) is 48.5 Å². The molecule has 0 atom stereocenters. The van der Waals surface area contributed by atoms with Crippen molar-refractivity contribution in [3.05, 3.63) is 261 Å². The number of hydrogen-bond donors (Lipinski definition) is 0. The van der Waals surface area contributed by atoms with Crippen LogP contribution >= 0.6 is 0 Å². The first kappa shape index (κ1) is 41.3. The molecular weight excluding hydrogens is 875 g/mol. The van der Waals surface area contributed by atoms with E-state index in [9.17, 15) is 0 Å². The zero-order chi connectivity index (χ0) is 47.5. The van der Waals surface area contributed by atoms with E-state index >= 15 is 0 Å². The lowest BCUT2D eigenvalue weighted by atomic mass is 9.94. The van der Waals surface area contributed by atoms with Gasteiger partial charge < -0.3 is 9.13 Å². The largest absolute Gasteiger partial charge is 0.309 e. The van der Waals surface area contributed by atoms with E-state index in [0.717, 1.165) is 72.1 Å². The Labute approximate surface area is 416 Å². The first-order valence-corrected chi connectivity index (χ1v) is 24.4. The highest BCUT2D eigenvalue weighted by Gasteiger charge is 2.22. The fourth-order valence-corrected chi connectivity index (χ4v) is 10.8. The Morgan fingerprint density at radius 2 is 0.611 bits per heavy atom. The second kappa shape index (κ2) is 17.1. The Hall–Kier alpha value is -9.71. The van der Waals surface area contributed by atoms with E-state index in [-0.39, 0.29) is 0 Å². The Balaban J connectivity index is 0.913. The minimum Gasteiger partial charge on any atom is -0.309 e. The predicted molar refractivity (Wildman–Crippen MR) is 299 cm³/mol. The van der Waals surface area contributed by atoms with Gasteiger partial charge in [0.1, 0.15) is 0 Å². The molecular formula is C67H43N5. The van der Waals surface area contributed by atoms with Gasteiger partial charge >= 0.3 is 0 Å². The summed E-state index contributed by atoms with van der Waals surface area (Å²) in [5.74, 6) is 1.84. The van der Waals surface area contributed by atoms with Crippen LogP contribution in [0.3, 0.4) is 0 Å². The molecule has 0 amide bonds. The van der Waals surface area contributed by atoms with E-state index < -0.39 is 0 Å². The molecule has 11 aromatic carbocycles. The molecule has 0 aliphatic carbocycles. The first-order chi connectivity index (χ1) is 35.7. The number of para-hydroxylation sites is 5. The van der Waals surface area contributed by atoms with E-state index in [2.05, 4.69) is 252 Å². The monoisotopic (exact) mass is 917 g/mol. The van der Waals surface area contributed by atoms with Gasteiger partial charge in [-0.15, -0.1) is 0 Å². The van der Waals surface area contributed by atoms with E-state index in [1.807, 2.05) is 18.2 Å². The minimum absolute atomic E-state index is 0.608. The van der Waals surface area contributed by atoms with Crippen molar-refractivity contribution < 1.29 is 0 Å². The van der Waals surface area contributed by atoms with Crippen LogP contribution in [0.1, 0.15) is 0 Å². The molecule has 0 fully saturated rings. The van der Waals surface area contributed by atoms with Crippen molar-refractivity contribution in [3.8, 4) is 78.9 Å². The van der Waals surface area contributed by atoms with Gasteiger partial charge in [-0.3, -0.25) is 0 Å². The van der Waals surface area contributed by atoms with Crippen LogP contribution in [0.2, 0.25) is 0 Å². The zero-order valence-electron chi connectivity index (χ0n) is 39.1. The molecule has 336 valence electrons. The Morgan fingerprint density at radius 3 is 1.14 bits per heavy atom. The Kier molecular flexibility index (Phi) is 9.78. The lowest BCUT2D eigenvalue weighted by Crippen LogP contribution is -2.02. The zero-order valence-corrected chi connectivity index (χ0v) is 39.1. The van der Waals surface area contributed by atoms with Crippen LogP contribution < -0.4 is 0 Å². The molecule has 72 heavy (non-hydrogen) atoms. The molecule has 5 heteroatoms. The third-order valence-electron chi connectivity index (χ3n) is 14.2. The van der Waals surface area contributed by atoms with E-state index in [4.69, 9.17) is 15.0 Å². The summed E-state index contributed by atoms with van der Waals surface area (Å²) in [7, 11) is 0. The Bertz CT molecular complexity index is 4270. The third kappa shape index (κ3) is 6.90. The summed E-state index contributed by atoms with van der Waals surface area (Å²) >= 11 is 0. The number of rotatable bonds is 8. The second-order valence-electron chi connectivity index (χ2n) is 18.4. The summed E-state index contributed by atoms with van der Waals surface area (Å²) in [6.07, 6.45) is 0. The molecule has 0 N–H and O–H groups in total. The van der Waals surface area contributed by atoms with E-state index in [0.29, 0.717) is 17.5 Å². The highest BCUT2D eigenvalue weighted by molar-refractivity contribution is 6.11. The van der Waals surface area contributed by atoms with E-state index in [1.165, 1.54) is 43.7 Å². The maximum atomic E-state index is 5.29. The summed E-state index contributed by atoms with van der Waals surface area (Å²) < 4.78 is 4.84. The highest BCUT2D eigenvalue weighted by Crippen LogP contribution is 2.43.